The first kappa shape index (κ1) is 22.5. The first-order valence-corrected chi connectivity index (χ1v) is 12.3. The van der Waals surface area contributed by atoms with Gasteiger partial charge in [0, 0.05) is 0 Å². The molecule has 2 aromatic carbocycles. The highest BCUT2D eigenvalue weighted by molar-refractivity contribution is 7.91. The number of hydrogen-bond acceptors (Lipinski definition) is 7. The molecular formula is C23H26FNO6S. The minimum atomic E-state index is -3.39. The summed E-state index contributed by atoms with van der Waals surface area (Å²) in [5, 5.41) is 0. The summed E-state index contributed by atoms with van der Waals surface area (Å²) in [4.78, 5) is 13.8. The van der Waals surface area contributed by atoms with Crippen molar-refractivity contribution in [2.24, 2.45) is 5.92 Å². The third-order valence-electron chi connectivity index (χ3n) is 5.75. The van der Waals surface area contributed by atoms with E-state index in [2.05, 4.69) is 4.90 Å². The van der Waals surface area contributed by atoms with Crippen molar-refractivity contribution in [1.82, 2.24) is 4.90 Å². The van der Waals surface area contributed by atoms with Gasteiger partial charge in [0.25, 0.3) is 0 Å². The molecule has 1 saturated heterocycles. The number of rotatable bonds is 7. The molecule has 2 aromatic rings. The first-order valence-electron chi connectivity index (χ1n) is 10.7. The zero-order chi connectivity index (χ0) is 22.7. The summed E-state index contributed by atoms with van der Waals surface area (Å²) in [6.07, 6.45) is 1.74. The van der Waals surface area contributed by atoms with Crippen LogP contribution in [0.4, 0.5) is 4.39 Å². The predicted octanol–water partition coefficient (Wildman–Crippen LogP) is 3.27. The Balaban J connectivity index is 1.33. The van der Waals surface area contributed by atoms with Crippen LogP contribution in [0.25, 0.3) is 11.1 Å². The zero-order valence-corrected chi connectivity index (χ0v) is 18.7. The molecule has 0 unspecified atom stereocenters. The lowest BCUT2D eigenvalue weighted by Crippen LogP contribution is -2.39. The van der Waals surface area contributed by atoms with E-state index in [1.807, 2.05) is 0 Å². The van der Waals surface area contributed by atoms with Crippen molar-refractivity contribution in [3.63, 3.8) is 0 Å². The molecule has 0 spiro atoms. The lowest BCUT2D eigenvalue weighted by molar-refractivity contribution is -0.144. The highest BCUT2D eigenvalue weighted by Crippen LogP contribution is 2.36. The average molecular weight is 464 g/mol. The van der Waals surface area contributed by atoms with Gasteiger partial charge in [-0.15, -0.1) is 0 Å². The lowest BCUT2D eigenvalue weighted by atomic mass is 9.98. The van der Waals surface area contributed by atoms with Crippen LogP contribution in [0.1, 0.15) is 19.8 Å². The summed E-state index contributed by atoms with van der Waals surface area (Å²) in [5.74, 6) is -0.282. The van der Waals surface area contributed by atoms with Crippen LogP contribution in [0.5, 0.6) is 11.5 Å². The molecule has 2 heterocycles. The number of likely N-dealkylation sites (tertiary alicyclic amines) is 1. The number of esters is 1. The molecule has 0 atom stereocenters. The number of piperidine rings is 1. The van der Waals surface area contributed by atoms with Crippen molar-refractivity contribution in [3.8, 4) is 22.6 Å². The molecule has 0 N–H and O–H groups in total. The fourth-order valence-electron chi connectivity index (χ4n) is 3.97. The van der Waals surface area contributed by atoms with E-state index in [0.717, 1.165) is 25.9 Å². The Bertz CT molecular complexity index is 1100. The van der Waals surface area contributed by atoms with Crippen molar-refractivity contribution in [2.75, 3.05) is 38.8 Å². The van der Waals surface area contributed by atoms with Crippen LogP contribution in [0, 0.1) is 11.7 Å². The minimum absolute atomic E-state index is 0.162. The van der Waals surface area contributed by atoms with Gasteiger partial charge in [-0.3, -0.25) is 9.69 Å². The van der Waals surface area contributed by atoms with Crippen molar-refractivity contribution in [1.29, 1.82) is 0 Å². The Kier molecular flexibility index (Phi) is 6.66. The van der Waals surface area contributed by atoms with Crippen molar-refractivity contribution in [2.45, 2.75) is 24.7 Å². The molecule has 0 amide bonds. The smallest absolute Gasteiger partial charge is 0.320 e. The van der Waals surface area contributed by atoms with Gasteiger partial charge in [0.15, 0.2) is 17.5 Å². The molecule has 4 rings (SSSR count). The molecule has 7 nitrogen and oxygen atoms in total. The molecular weight excluding hydrogens is 437 g/mol. The van der Waals surface area contributed by atoms with Crippen molar-refractivity contribution in [3.05, 3.63) is 42.2 Å². The van der Waals surface area contributed by atoms with Crippen LogP contribution in [0.2, 0.25) is 0 Å². The lowest BCUT2D eigenvalue weighted by Gasteiger charge is -2.31. The van der Waals surface area contributed by atoms with E-state index >= 15 is 0 Å². The number of carbonyl (C=O) groups is 1. The summed E-state index contributed by atoms with van der Waals surface area (Å²) in [6.45, 7) is 4.45. The number of ether oxygens (including phenoxy) is 3. The summed E-state index contributed by atoms with van der Waals surface area (Å²) < 4.78 is 54.3. The van der Waals surface area contributed by atoms with E-state index < -0.39 is 15.7 Å². The van der Waals surface area contributed by atoms with Gasteiger partial charge in [-0.1, -0.05) is 12.1 Å². The Hall–Kier alpha value is -2.65. The summed E-state index contributed by atoms with van der Waals surface area (Å²) in [5.41, 5.74) is 1.28. The first-order chi connectivity index (χ1) is 15.4. The van der Waals surface area contributed by atoms with Gasteiger partial charge in [-0.2, -0.15) is 0 Å². The second kappa shape index (κ2) is 9.46. The Morgan fingerprint density at radius 3 is 2.59 bits per heavy atom. The third kappa shape index (κ3) is 5.05. The van der Waals surface area contributed by atoms with Gasteiger partial charge in [-0.05, 0) is 74.2 Å². The standard InChI is InChI=1S/C23H26FNO6S/c1-2-29-23(26)13-25-9-7-16(8-10-25)14-30-20-5-3-17(11-19(20)24)18-4-6-22-21(12-18)31-15-32(22,27)28/h3-6,11-12,16H,2,7-10,13-15H2,1H3. The van der Waals surface area contributed by atoms with Gasteiger partial charge in [-0.25, -0.2) is 12.8 Å². The Labute approximate surface area is 187 Å². The van der Waals surface area contributed by atoms with E-state index in [9.17, 15) is 17.6 Å². The molecule has 2 aliphatic heterocycles. The SMILES string of the molecule is CCOC(=O)CN1CCC(COc2ccc(-c3ccc4c(c3)OCS4(=O)=O)cc2F)CC1. The summed E-state index contributed by atoms with van der Waals surface area (Å²) in [6, 6.07) is 9.45. The fourth-order valence-corrected chi connectivity index (χ4v) is 5.08. The van der Waals surface area contributed by atoms with E-state index in [0.29, 0.717) is 36.8 Å². The average Bonchev–Trinajstić information content (AvgIpc) is 3.08. The fraction of sp³-hybridized carbons (Fsp3) is 0.435. The largest absolute Gasteiger partial charge is 0.490 e. The second-order valence-electron chi connectivity index (χ2n) is 8.02. The normalized spacial score (nSPS) is 18.1. The Morgan fingerprint density at radius 1 is 1.16 bits per heavy atom. The number of halogens is 1. The maximum absolute atomic E-state index is 14.7. The molecule has 0 aliphatic carbocycles. The molecule has 0 aromatic heterocycles. The maximum atomic E-state index is 14.7. The number of sulfone groups is 1. The number of nitrogens with zero attached hydrogens (tertiary/aromatic N) is 1. The summed E-state index contributed by atoms with van der Waals surface area (Å²) >= 11 is 0. The quantitative estimate of drug-likeness (QED) is 0.583. The number of hydrogen-bond donors (Lipinski definition) is 0. The Morgan fingerprint density at radius 2 is 1.88 bits per heavy atom. The van der Waals surface area contributed by atoms with Crippen LogP contribution in [-0.2, 0) is 19.4 Å². The van der Waals surface area contributed by atoms with Gasteiger partial charge in [0.05, 0.1) is 19.8 Å². The van der Waals surface area contributed by atoms with Crippen LogP contribution in [-0.4, -0.2) is 58.1 Å². The topological polar surface area (TPSA) is 82.1 Å². The molecule has 1 fully saturated rings. The molecule has 172 valence electrons. The number of carbonyl (C=O) groups excluding carboxylic acids is 1. The zero-order valence-electron chi connectivity index (χ0n) is 17.9. The molecule has 0 saturated carbocycles. The highest BCUT2D eigenvalue weighted by atomic mass is 32.2. The van der Waals surface area contributed by atoms with Gasteiger partial charge in [0.2, 0.25) is 9.84 Å². The van der Waals surface area contributed by atoms with Gasteiger partial charge >= 0.3 is 5.97 Å². The summed E-state index contributed by atoms with van der Waals surface area (Å²) in [7, 11) is -3.39. The maximum Gasteiger partial charge on any atom is 0.320 e. The van der Waals surface area contributed by atoms with Gasteiger partial charge in [0.1, 0.15) is 10.6 Å². The third-order valence-corrected chi connectivity index (χ3v) is 7.19. The van der Waals surface area contributed by atoms with E-state index in [1.54, 1.807) is 31.2 Å². The highest BCUT2D eigenvalue weighted by Gasteiger charge is 2.28. The van der Waals surface area contributed by atoms with Gasteiger partial charge < -0.3 is 14.2 Å². The van der Waals surface area contributed by atoms with Crippen molar-refractivity contribution >= 4 is 15.8 Å². The second-order valence-corrected chi connectivity index (χ2v) is 9.92. The number of benzene rings is 2. The predicted molar refractivity (Wildman–Crippen MR) is 116 cm³/mol. The van der Waals surface area contributed by atoms with E-state index in [1.165, 1.54) is 12.1 Å². The van der Waals surface area contributed by atoms with E-state index in [-0.39, 0.29) is 28.3 Å². The van der Waals surface area contributed by atoms with Crippen LogP contribution in [0.15, 0.2) is 41.3 Å². The van der Waals surface area contributed by atoms with Crippen molar-refractivity contribution < 1.29 is 31.8 Å². The molecule has 2 aliphatic rings. The molecule has 0 bridgehead atoms. The number of fused-ring (bicyclic) bond motifs is 1. The molecule has 9 heteroatoms. The van der Waals surface area contributed by atoms with E-state index in [4.69, 9.17) is 14.2 Å². The minimum Gasteiger partial charge on any atom is -0.490 e. The van der Waals surface area contributed by atoms with Crippen LogP contribution in [0.3, 0.4) is 0 Å². The van der Waals surface area contributed by atoms with Crippen LogP contribution < -0.4 is 9.47 Å². The molecule has 32 heavy (non-hydrogen) atoms. The monoisotopic (exact) mass is 463 g/mol. The van der Waals surface area contributed by atoms with Crippen LogP contribution >= 0.6 is 0 Å². The molecule has 0 radical (unpaired) electrons.